The summed E-state index contributed by atoms with van der Waals surface area (Å²) in [7, 11) is 2.49. The van der Waals surface area contributed by atoms with Crippen molar-refractivity contribution < 1.29 is 13.3 Å². The van der Waals surface area contributed by atoms with Crippen molar-refractivity contribution in [3.05, 3.63) is 0 Å². The summed E-state index contributed by atoms with van der Waals surface area (Å²) < 4.78 is 15.5. The van der Waals surface area contributed by atoms with Gasteiger partial charge in [0.2, 0.25) is 0 Å². The van der Waals surface area contributed by atoms with Gasteiger partial charge in [-0.05, 0) is 19.4 Å². The second-order valence-electron chi connectivity index (χ2n) is 8.18. The van der Waals surface area contributed by atoms with Gasteiger partial charge in [0, 0.05) is 33.3 Å². The predicted molar refractivity (Wildman–Crippen MR) is 136 cm³/mol. The number of hydrogen-bond acceptors (Lipinski definition) is 4. The maximum atomic E-state index is 5.53. The normalized spacial score (nSPS) is 11.4. The van der Waals surface area contributed by atoms with Gasteiger partial charge in [-0.25, -0.2) is 0 Å². The molecule has 2 N–H and O–H groups in total. The summed E-state index contributed by atoms with van der Waals surface area (Å²) in [5, 5.41) is 0. The van der Waals surface area contributed by atoms with E-state index in [1.165, 1.54) is 103 Å². The minimum absolute atomic E-state index is 0.616. The molecule has 0 aliphatic heterocycles. The Balaban J connectivity index is 0. The van der Waals surface area contributed by atoms with Gasteiger partial charge in [0.25, 0.3) is 0 Å². The molecule has 0 bridgehead atoms. The zero-order chi connectivity index (χ0) is 22.8. The van der Waals surface area contributed by atoms with Crippen LogP contribution in [0.4, 0.5) is 0 Å². The first kappa shape index (κ1) is 32.5. The van der Waals surface area contributed by atoms with E-state index in [0.29, 0.717) is 5.88 Å². The van der Waals surface area contributed by atoms with Gasteiger partial charge >= 0.3 is 8.80 Å². The van der Waals surface area contributed by atoms with Gasteiger partial charge in [0.05, 0.1) is 0 Å². The SMILES string of the molecule is CCCCCCCCCCCCCCCCCCN.CO[Si](CCCCl)(OC)OC. The lowest BCUT2D eigenvalue weighted by Gasteiger charge is -2.23. The van der Waals surface area contributed by atoms with Gasteiger partial charge in [-0.3, -0.25) is 0 Å². The Morgan fingerprint density at radius 3 is 1.17 bits per heavy atom. The highest BCUT2D eigenvalue weighted by Gasteiger charge is 2.36. The second-order valence-corrected chi connectivity index (χ2v) is 11.6. The van der Waals surface area contributed by atoms with Crippen molar-refractivity contribution in [3.63, 3.8) is 0 Å². The number of halogens is 1. The number of unbranched alkanes of at least 4 members (excludes halogenated alkanes) is 15. The van der Waals surface area contributed by atoms with Crippen molar-refractivity contribution in [2.45, 2.75) is 122 Å². The van der Waals surface area contributed by atoms with Crippen LogP contribution in [0.15, 0.2) is 0 Å². The van der Waals surface area contributed by atoms with Crippen LogP contribution in [0.2, 0.25) is 6.04 Å². The molecule has 0 saturated carbocycles. The minimum atomic E-state index is -2.32. The van der Waals surface area contributed by atoms with E-state index in [1.54, 1.807) is 21.3 Å². The molecule has 0 atom stereocenters. The molecule has 0 saturated heterocycles. The van der Waals surface area contributed by atoms with E-state index in [0.717, 1.165) is 19.0 Å². The van der Waals surface area contributed by atoms with Crippen molar-refractivity contribution in [2.75, 3.05) is 33.8 Å². The molecule has 0 heterocycles. The molecule has 0 radical (unpaired) electrons. The monoisotopic (exact) mass is 467 g/mol. The molecule has 0 aliphatic carbocycles. The zero-order valence-electron chi connectivity index (χ0n) is 20.8. The van der Waals surface area contributed by atoms with E-state index in [2.05, 4.69) is 6.92 Å². The third-order valence-corrected chi connectivity index (χ3v) is 8.71. The Labute approximate surface area is 195 Å². The van der Waals surface area contributed by atoms with E-state index in [4.69, 9.17) is 30.6 Å². The van der Waals surface area contributed by atoms with E-state index >= 15 is 0 Å². The summed E-state index contributed by atoms with van der Waals surface area (Å²) in [5.74, 6) is 0.616. The first-order valence-electron chi connectivity index (χ1n) is 12.6. The molecule has 0 fully saturated rings. The van der Waals surface area contributed by atoms with Gasteiger partial charge in [-0.15, -0.1) is 11.6 Å². The number of rotatable bonds is 22. The average Bonchev–Trinajstić information content (AvgIpc) is 2.78. The molecular formula is C24H54ClNO3Si. The third kappa shape index (κ3) is 23.0. The van der Waals surface area contributed by atoms with Crippen molar-refractivity contribution >= 4 is 20.4 Å². The average molecular weight is 468 g/mol. The Kier molecular flexibility index (Phi) is 29.7. The van der Waals surface area contributed by atoms with Crippen molar-refractivity contribution in [1.82, 2.24) is 0 Å². The fraction of sp³-hybridized carbons (Fsp3) is 1.00. The molecule has 0 aromatic carbocycles. The quantitative estimate of drug-likeness (QED) is 0.101. The lowest BCUT2D eigenvalue weighted by Crippen LogP contribution is -2.42. The van der Waals surface area contributed by atoms with Gasteiger partial charge in [0.1, 0.15) is 0 Å². The van der Waals surface area contributed by atoms with Crippen LogP contribution in [0, 0.1) is 0 Å². The molecule has 6 heteroatoms. The van der Waals surface area contributed by atoms with Gasteiger partial charge < -0.3 is 19.0 Å². The van der Waals surface area contributed by atoms with Crippen LogP contribution in [0.3, 0.4) is 0 Å². The fourth-order valence-corrected chi connectivity index (χ4v) is 5.61. The molecule has 0 aromatic heterocycles. The third-order valence-electron chi connectivity index (χ3n) is 5.61. The highest BCUT2D eigenvalue weighted by Crippen LogP contribution is 2.15. The van der Waals surface area contributed by atoms with Gasteiger partial charge in [-0.1, -0.05) is 103 Å². The van der Waals surface area contributed by atoms with Crippen molar-refractivity contribution in [1.29, 1.82) is 0 Å². The Morgan fingerprint density at radius 1 is 0.567 bits per heavy atom. The molecule has 0 spiro atoms. The first-order chi connectivity index (χ1) is 14.7. The van der Waals surface area contributed by atoms with Crippen LogP contribution in [-0.2, 0) is 13.3 Å². The molecule has 30 heavy (non-hydrogen) atoms. The molecule has 0 unspecified atom stereocenters. The summed E-state index contributed by atoms with van der Waals surface area (Å²) >= 11 is 5.53. The second kappa shape index (κ2) is 27.4. The molecule has 4 nitrogen and oxygen atoms in total. The van der Waals surface area contributed by atoms with Crippen LogP contribution in [0.25, 0.3) is 0 Å². The first-order valence-corrected chi connectivity index (χ1v) is 15.0. The van der Waals surface area contributed by atoms with E-state index in [9.17, 15) is 0 Å². The van der Waals surface area contributed by atoms with Crippen molar-refractivity contribution in [2.24, 2.45) is 5.73 Å². The largest absolute Gasteiger partial charge is 0.500 e. The Morgan fingerprint density at radius 2 is 0.900 bits per heavy atom. The van der Waals surface area contributed by atoms with Crippen LogP contribution < -0.4 is 5.73 Å². The smallest absolute Gasteiger partial charge is 0.377 e. The van der Waals surface area contributed by atoms with Crippen LogP contribution in [-0.4, -0.2) is 42.6 Å². The predicted octanol–water partition coefficient (Wildman–Crippen LogP) is 7.70. The maximum absolute atomic E-state index is 5.53. The molecule has 184 valence electrons. The van der Waals surface area contributed by atoms with Gasteiger partial charge in [0.15, 0.2) is 0 Å². The number of hydrogen-bond donors (Lipinski definition) is 1. The number of nitrogens with two attached hydrogens (primary N) is 1. The molecule has 0 aromatic rings. The zero-order valence-corrected chi connectivity index (χ0v) is 22.6. The highest BCUT2D eigenvalue weighted by molar-refractivity contribution is 6.60. The Hall–Kier alpha value is 0.347. The standard InChI is InChI=1S/C18H39N.C6H15ClO3Si/c1-2-3-4-5-6-7-8-9-10-11-12-13-14-15-16-17-18-19;1-8-11(9-2,10-3)6-4-5-7/h2-19H2,1H3;4-6H2,1-3H3. The van der Waals surface area contributed by atoms with Crippen LogP contribution in [0.5, 0.6) is 0 Å². The Bertz CT molecular complexity index is 284. The van der Waals surface area contributed by atoms with Gasteiger partial charge in [-0.2, -0.15) is 0 Å². The maximum Gasteiger partial charge on any atom is 0.500 e. The lowest BCUT2D eigenvalue weighted by atomic mass is 10.0. The van der Waals surface area contributed by atoms with Crippen molar-refractivity contribution in [3.8, 4) is 0 Å². The fourth-order valence-electron chi connectivity index (χ4n) is 3.53. The molecule has 0 amide bonds. The van der Waals surface area contributed by atoms with E-state index in [-0.39, 0.29) is 0 Å². The number of alkyl halides is 1. The summed E-state index contributed by atoms with van der Waals surface area (Å²) in [6.07, 6.45) is 23.7. The molecule has 0 aliphatic rings. The minimum Gasteiger partial charge on any atom is -0.377 e. The van der Waals surface area contributed by atoms with E-state index in [1.807, 2.05) is 0 Å². The summed E-state index contributed by atoms with van der Waals surface area (Å²) in [6, 6.07) is 0.778. The summed E-state index contributed by atoms with van der Waals surface area (Å²) in [6.45, 7) is 3.16. The lowest BCUT2D eigenvalue weighted by molar-refractivity contribution is 0.123. The van der Waals surface area contributed by atoms with Crippen LogP contribution in [0.1, 0.15) is 116 Å². The molecular weight excluding hydrogens is 414 g/mol. The van der Waals surface area contributed by atoms with E-state index < -0.39 is 8.80 Å². The summed E-state index contributed by atoms with van der Waals surface area (Å²) in [4.78, 5) is 0. The molecule has 0 rings (SSSR count). The van der Waals surface area contributed by atoms with Crippen LogP contribution >= 0.6 is 11.6 Å². The summed E-state index contributed by atoms with van der Waals surface area (Å²) in [5.41, 5.74) is 5.48. The topological polar surface area (TPSA) is 53.7 Å². The highest BCUT2D eigenvalue weighted by atomic mass is 35.5.